The van der Waals surface area contributed by atoms with E-state index in [1.165, 1.54) is 18.2 Å². The maximum Gasteiger partial charge on any atom is 0.123 e. The number of hydrogen-bond donors (Lipinski definition) is 2. The van der Waals surface area contributed by atoms with E-state index in [4.69, 9.17) is 22.4 Å². The first-order valence-electron chi connectivity index (χ1n) is 4.32. The maximum absolute atomic E-state index is 12.9. The lowest BCUT2D eigenvalue weighted by molar-refractivity contribution is 0.247. The molecule has 1 aromatic carbocycles. The molecule has 0 aliphatic rings. The number of rotatable bonds is 3. The van der Waals surface area contributed by atoms with Gasteiger partial charge in [-0.1, -0.05) is 11.6 Å². The van der Waals surface area contributed by atoms with Crippen LogP contribution < -0.4 is 5.73 Å². The van der Waals surface area contributed by atoms with Crippen molar-refractivity contribution in [1.29, 1.82) is 0 Å². The Morgan fingerprint density at radius 1 is 1.57 bits per heavy atom. The number of aliphatic hydroxyl groups excluding tert-OH is 1. The molecule has 0 aliphatic carbocycles. The van der Waals surface area contributed by atoms with E-state index in [0.29, 0.717) is 17.0 Å². The van der Waals surface area contributed by atoms with Gasteiger partial charge in [0, 0.05) is 17.2 Å². The molecule has 0 fully saturated rings. The second-order valence-corrected chi connectivity index (χ2v) is 3.92. The molecule has 0 amide bonds. The average Bonchev–Trinajstić information content (AvgIpc) is 2.09. The SMILES string of the molecule is CC(N)(CCO)c1cc(F)ccc1Cl. The minimum Gasteiger partial charge on any atom is -0.396 e. The van der Waals surface area contributed by atoms with Gasteiger partial charge < -0.3 is 10.8 Å². The quantitative estimate of drug-likeness (QED) is 0.814. The highest BCUT2D eigenvalue weighted by Gasteiger charge is 2.23. The summed E-state index contributed by atoms with van der Waals surface area (Å²) in [5.41, 5.74) is 5.63. The number of halogens is 2. The van der Waals surface area contributed by atoms with Crippen LogP contribution in [0.15, 0.2) is 18.2 Å². The van der Waals surface area contributed by atoms with Crippen LogP contribution in [0.5, 0.6) is 0 Å². The molecule has 0 aliphatic heterocycles. The van der Waals surface area contributed by atoms with E-state index in [1.54, 1.807) is 6.92 Å². The molecule has 1 unspecified atom stereocenters. The fourth-order valence-electron chi connectivity index (χ4n) is 1.30. The molecule has 14 heavy (non-hydrogen) atoms. The summed E-state index contributed by atoms with van der Waals surface area (Å²) in [4.78, 5) is 0. The van der Waals surface area contributed by atoms with Crippen molar-refractivity contribution >= 4 is 11.6 Å². The van der Waals surface area contributed by atoms with Gasteiger partial charge in [0.25, 0.3) is 0 Å². The van der Waals surface area contributed by atoms with Gasteiger partial charge in [-0.3, -0.25) is 0 Å². The van der Waals surface area contributed by atoms with Gasteiger partial charge in [0.05, 0.1) is 0 Å². The van der Waals surface area contributed by atoms with Gasteiger partial charge in [-0.15, -0.1) is 0 Å². The van der Waals surface area contributed by atoms with Gasteiger partial charge in [-0.2, -0.15) is 0 Å². The van der Waals surface area contributed by atoms with Gasteiger partial charge in [0.2, 0.25) is 0 Å². The van der Waals surface area contributed by atoms with E-state index in [9.17, 15) is 4.39 Å². The van der Waals surface area contributed by atoms with Crippen LogP contribution in [0.3, 0.4) is 0 Å². The predicted molar refractivity (Wildman–Crippen MR) is 54.7 cm³/mol. The first-order chi connectivity index (χ1) is 6.47. The molecule has 0 saturated carbocycles. The molecular weight excluding hydrogens is 205 g/mol. The highest BCUT2D eigenvalue weighted by molar-refractivity contribution is 6.31. The van der Waals surface area contributed by atoms with Crippen molar-refractivity contribution in [1.82, 2.24) is 0 Å². The summed E-state index contributed by atoms with van der Waals surface area (Å²) in [5, 5.41) is 9.23. The second kappa shape index (κ2) is 4.26. The molecule has 1 atom stereocenters. The minimum atomic E-state index is -0.798. The monoisotopic (exact) mass is 217 g/mol. The van der Waals surface area contributed by atoms with Crippen LogP contribution in [0, 0.1) is 5.82 Å². The topological polar surface area (TPSA) is 46.2 Å². The van der Waals surface area contributed by atoms with E-state index in [-0.39, 0.29) is 12.4 Å². The van der Waals surface area contributed by atoms with Crippen LogP contribution in [0.1, 0.15) is 18.9 Å². The molecule has 0 heterocycles. The summed E-state index contributed by atoms with van der Waals surface area (Å²) in [6, 6.07) is 4.05. The number of hydrogen-bond acceptors (Lipinski definition) is 2. The Morgan fingerprint density at radius 2 is 2.21 bits per heavy atom. The average molecular weight is 218 g/mol. The third kappa shape index (κ3) is 2.44. The molecule has 0 radical (unpaired) electrons. The normalized spacial score (nSPS) is 15.2. The minimum absolute atomic E-state index is 0.0557. The molecule has 0 bridgehead atoms. The summed E-state index contributed by atoms with van der Waals surface area (Å²) in [6.45, 7) is 1.66. The molecule has 2 nitrogen and oxygen atoms in total. The Hall–Kier alpha value is -0.640. The smallest absolute Gasteiger partial charge is 0.123 e. The van der Waals surface area contributed by atoms with Crippen LogP contribution in [0.25, 0.3) is 0 Å². The van der Waals surface area contributed by atoms with Crippen molar-refractivity contribution in [2.75, 3.05) is 6.61 Å². The molecule has 78 valence electrons. The van der Waals surface area contributed by atoms with Crippen LogP contribution in [0.2, 0.25) is 5.02 Å². The zero-order valence-corrected chi connectivity index (χ0v) is 8.68. The lowest BCUT2D eigenvalue weighted by Crippen LogP contribution is -2.34. The van der Waals surface area contributed by atoms with Crippen molar-refractivity contribution in [2.45, 2.75) is 18.9 Å². The first-order valence-corrected chi connectivity index (χ1v) is 4.70. The standard InChI is InChI=1S/C10H13ClFNO/c1-10(13,4-5-14)8-6-7(12)2-3-9(8)11/h2-3,6,14H,4-5,13H2,1H3. The fraction of sp³-hybridized carbons (Fsp3) is 0.400. The van der Waals surface area contributed by atoms with Gasteiger partial charge >= 0.3 is 0 Å². The van der Waals surface area contributed by atoms with Crippen molar-refractivity contribution < 1.29 is 9.50 Å². The van der Waals surface area contributed by atoms with Gasteiger partial charge in [-0.25, -0.2) is 4.39 Å². The molecule has 1 rings (SSSR count). The van der Waals surface area contributed by atoms with Crippen molar-refractivity contribution in [2.24, 2.45) is 5.73 Å². The Bertz CT molecular complexity index is 328. The van der Waals surface area contributed by atoms with E-state index >= 15 is 0 Å². The highest BCUT2D eigenvalue weighted by atomic mass is 35.5. The van der Waals surface area contributed by atoms with Crippen molar-refractivity contribution in [3.63, 3.8) is 0 Å². The molecule has 1 aromatic rings. The van der Waals surface area contributed by atoms with Gasteiger partial charge in [0.15, 0.2) is 0 Å². The largest absolute Gasteiger partial charge is 0.396 e. The number of benzene rings is 1. The zero-order valence-electron chi connectivity index (χ0n) is 7.93. The summed E-state index contributed by atoms with van der Waals surface area (Å²) in [5.74, 6) is -0.376. The van der Waals surface area contributed by atoms with Gasteiger partial charge in [-0.05, 0) is 37.1 Å². The Balaban J connectivity index is 3.10. The van der Waals surface area contributed by atoms with Crippen LogP contribution in [-0.2, 0) is 5.54 Å². The molecule has 0 aromatic heterocycles. The number of aliphatic hydroxyl groups is 1. The Labute approximate surface area is 87.5 Å². The van der Waals surface area contributed by atoms with Crippen LogP contribution in [-0.4, -0.2) is 11.7 Å². The van der Waals surface area contributed by atoms with E-state index in [0.717, 1.165) is 0 Å². The molecule has 3 N–H and O–H groups in total. The van der Waals surface area contributed by atoms with Gasteiger partial charge in [0.1, 0.15) is 5.82 Å². The molecular formula is C10H13ClFNO. The lowest BCUT2D eigenvalue weighted by Gasteiger charge is -2.25. The van der Waals surface area contributed by atoms with Crippen LogP contribution in [0.4, 0.5) is 4.39 Å². The lowest BCUT2D eigenvalue weighted by atomic mass is 9.90. The fourth-order valence-corrected chi connectivity index (χ4v) is 1.64. The van der Waals surface area contributed by atoms with E-state index < -0.39 is 5.54 Å². The third-order valence-electron chi connectivity index (χ3n) is 2.17. The summed E-state index contributed by atoms with van der Waals surface area (Å²) in [6.07, 6.45) is 0.343. The highest BCUT2D eigenvalue weighted by Crippen LogP contribution is 2.28. The first kappa shape index (κ1) is 11.4. The molecule has 0 spiro atoms. The third-order valence-corrected chi connectivity index (χ3v) is 2.50. The van der Waals surface area contributed by atoms with Crippen molar-refractivity contribution in [3.8, 4) is 0 Å². The van der Waals surface area contributed by atoms with E-state index in [1.807, 2.05) is 0 Å². The second-order valence-electron chi connectivity index (χ2n) is 3.52. The molecule has 4 heteroatoms. The Kier molecular flexibility index (Phi) is 3.48. The van der Waals surface area contributed by atoms with E-state index in [2.05, 4.69) is 0 Å². The molecule has 0 saturated heterocycles. The maximum atomic E-state index is 12.9. The summed E-state index contributed by atoms with van der Waals surface area (Å²) in [7, 11) is 0. The van der Waals surface area contributed by atoms with Crippen LogP contribution >= 0.6 is 11.6 Å². The zero-order chi connectivity index (χ0) is 10.8. The Morgan fingerprint density at radius 3 is 2.79 bits per heavy atom. The summed E-state index contributed by atoms with van der Waals surface area (Å²) >= 11 is 5.89. The number of nitrogens with two attached hydrogens (primary N) is 1. The van der Waals surface area contributed by atoms with Crippen molar-refractivity contribution in [3.05, 3.63) is 34.6 Å². The predicted octanol–water partition coefficient (Wildman–Crippen LogP) is 2.04. The summed E-state index contributed by atoms with van der Waals surface area (Å²) < 4.78 is 12.9.